The lowest BCUT2D eigenvalue weighted by molar-refractivity contribution is 1.53. The van der Waals surface area contributed by atoms with Crippen LogP contribution in [0.2, 0.25) is 0 Å². The molecule has 0 spiro atoms. The summed E-state index contributed by atoms with van der Waals surface area (Å²) >= 11 is 3.53. The van der Waals surface area contributed by atoms with Gasteiger partial charge in [-0.15, -0.1) is 0 Å². The molecule has 0 N–H and O–H groups in total. The van der Waals surface area contributed by atoms with Gasteiger partial charge in [-0.05, 0) is 69.4 Å². The third-order valence-corrected chi connectivity index (χ3v) is 4.73. The van der Waals surface area contributed by atoms with E-state index in [1.54, 1.807) is 0 Å². The number of rotatable bonds is 1. The molecule has 0 amide bonds. The van der Waals surface area contributed by atoms with E-state index in [-0.39, 0.29) is 0 Å². The Morgan fingerprint density at radius 3 is 2.18 bits per heavy atom. The van der Waals surface area contributed by atoms with Gasteiger partial charge in [0.15, 0.2) is 0 Å². The van der Waals surface area contributed by atoms with E-state index in [4.69, 9.17) is 0 Å². The van der Waals surface area contributed by atoms with Crippen molar-refractivity contribution in [1.82, 2.24) is 0 Å². The van der Waals surface area contributed by atoms with Crippen molar-refractivity contribution in [2.75, 3.05) is 0 Å². The van der Waals surface area contributed by atoms with Crippen LogP contribution in [0.5, 0.6) is 0 Å². The van der Waals surface area contributed by atoms with Crippen molar-refractivity contribution in [2.45, 2.75) is 6.92 Å². The molecule has 0 aliphatic carbocycles. The van der Waals surface area contributed by atoms with Crippen LogP contribution in [0, 0.1) is 6.92 Å². The van der Waals surface area contributed by atoms with E-state index in [9.17, 15) is 0 Å². The molecule has 4 rings (SSSR count). The summed E-state index contributed by atoms with van der Waals surface area (Å²) in [4.78, 5) is 0. The van der Waals surface area contributed by atoms with Crippen molar-refractivity contribution < 1.29 is 0 Å². The number of fused-ring (bicyclic) bond motifs is 2. The first-order chi connectivity index (χ1) is 10.7. The maximum Gasteiger partial charge on any atom is 0.0181 e. The third-order valence-electron chi connectivity index (χ3n) is 4.24. The second-order valence-electron chi connectivity index (χ2n) is 5.72. The average Bonchev–Trinajstić information content (AvgIpc) is 2.54. The van der Waals surface area contributed by atoms with E-state index >= 15 is 0 Å². The second-order valence-corrected chi connectivity index (χ2v) is 6.63. The second kappa shape index (κ2) is 5.26. The highest BCUT2D eigenvalue weighted by atomic mass is 79.9. The standard InChI is InChI=1S/C21H15Br/c1-14-3-2-4-15-5-6-19(13-21(14)15)16-7-8-18-12-20(22)10-9-17(18)11-16/h2-13H,1H3. The molecule has 4 aromatic rings. The van der Waals surface area contributed by atoms with Crippen LogP contribution in [0.1, 0.15) is 5.56 Å². The maximum atomic E-state index is 3.53. The SMILES string of the molecule is Cc1cccc2ccc(-c3ccc4cc(Br)ccc4c3)cc12. The van der Waals surface area contributed by atoms with Gasteiger partial charge in [0, 0.05) is 4.47 Å². The lowest BCUT2D eigenvalue weighted by atomic mass is 9.97. The Labute approximate surface area is 138 Å². The zero-order valence-corrected chi connectivity index (χ0v) is 13.9. The Kier molecular flexibility index (Phi) is 3.24. The van der Waals surface area contributed by atoms with Crippen LogP contribution in [-0.2, 0) is 0 Å². The highest BCUT2D eigenvalue weighted by Gasteiger charge is 2.03. The molecule has 0 unspecified atom stereocenters. The van der Waals surface area contributed by atoms with Gasteiger partial charge in [0.2, 0.25) is 0 Å². The van der Waals surface area contributed by atoms with Crippen LogP contribution in [-0.4, -0.2) is 0 Å². The van der Waals surface area contributed by atoms with Crippen molar-refractivity contribution >= 4 is 37.5 Å². The van der Waals surface area contributed by atoms with E-state index in [1.807, 2.05) is 0 Å². The molecular formula is C21H15Br. The molecule has 0 radical (unpaired) electrons. The van der Waals surface area contributed by atoms with Gasteiger partial charge in [-0.2, -0.15) is 0 Å². The summed E-state index contributed by atoms with van der Waals surface area (Å²) in [6.45, 7) is 2.17. The average molecular weight is 347 g/mol. The number of halogens is 1. The smallest absolute Gasteiger partial charge is 0.0181 e. The number of hydrogen-bond acceptors (Lipinski definition) is 0. The summed E-state index contributed by atoms with van der Waals surface area (Å²) in [6.07, 6.45) is 0. The highest BCUT2D eigenvalue weighted by Crippen LogP contribution is 2.29. The van der Waals surface area contributed by atoms with Gasteiger partial charge in [-0.25, -0.2) is 0 Å². The van der Waals surface area contributed by atoms with Crippen molar-refractivity contribution in [1.29, 1.82) is 0 Å². The van der Waals surface area contributed by atoms with Crippen LogP contribution in [0.15, 0.2) is 77.3 Å². The number of aryl methyl sites for hydroxylation is 1. The number of hydrogen-bond donors (Lipinski definition) is 0. The predicted octanol–water partition coefficient (Wildman–Crippen LogP) is 6.73. The van der Waals surface area contributed by atoms with Gasteiger partial charge in [-0.3, -0.25) is 0 Å². The molecule has 0 heterocycles. The Morgan fingerprint density at radius 1 is 0.636 bits per heavy atom. The first-order valence-corrected chi connectivity index (χ1v) is 8.19. The maximum absolute atomic E-state index is 3.53. The van der Waals surface area contributed by atoms with Gasteiger partial charge in [0.1, 0.15) is 0 Å². The largest absolute Gasteiger partial charge is 0.0614 e. The van der Waals surface area contributed by atoms with Gasteiger partial charge in [0.25, 0.3) is 0 Å². The Hall–Kier alpha value is -2.12. The fraction of sp³-hybridized carbons (Fsp3) is 0.0476. The van der Waals surface area contributed by atoms with Crippen molar-refractivity contribution in [3.8, 4) is 11.1 Å². The minimum Gasteiger partial charge on any atom is -0.0614 e. The molecule has 0 fully saturated rings. The van der Waals surface area contributed by atoms with E-state index in [2.05, 4.69) is 95.7 Å². The van der Waals surface area contributed by atoms with Gasteiger partial charge in [-0.1, -0.05) is 64.5 Å². The van der Waals surface area contributed by atoms with E-state index in [0.717, 1.165) is 4.47 Å². The van der Waals surface area contributed by atoms with Gasteiger partial charge in [0.05, 0.1) is 0 Å². The lowest BCUT2D eigenvalue weighted by Gasteiger charge is -2.08. The highest BCUT2D eigenvalue weighted by molar-refractivity contribution is 9.10. The minimum atomic E-state index is 1.12. The van der Waals surface area contributed by atoms with E-state index in [1.165, 1.54) is 38.2 Å². The quantitative estimate of drug-likeness (QED) is 0.358. The monoisotopic (exact) mass is 346 g/mol. The van der Waals surface area contributed by atoms with Gasteiger partial charge < -0.3 is 0 Å². The van der Waals surface area contributed by atoms with E-state index in [0.29, 0.717) is 0 Å². The topological polar surface area (TPSA) is 0 Å². The lowest BCUT2D eigenvalue weighted by Crippen LogP contribution is -1.82. The summed E-state index contributed by atoms with van der Waals surface area (Å²) in [7, 11) is 0. The molecule has 0 aromatic heterocycles. The fourth-order valence-corrected chi connectivity index (χ4v) is 3.38. The fourth-order valence-electron chi connectivity index (χ4n) is 3.00. The molecule has 0 aliphatic heterocycles. The Morgan fingerprint density at radius 2 is 1.32 bits per heavy atom. The molecule has 0 nitrogen and oxygen atoms in total. The summed E-state index contributed by atoms with van der Waals surface area (Å²) < 4.78 is 1.12. The molecule has 0 bridgehead atoms. The number of benzene rings is 4. The molecule has 106 valence electrons. The van der Waals surface area contributed by atoms with Crippen LogP contribution in [0.4, 0.5) is 0 Å². The summed E-state index contributed by atoms with van der Waals surface area (Å²) in [6, 6.07) is 26.2. The summed E-state index contributed by atoms with van der Waals surface area (Å²) in [5, 5.41) is 5.16. The summed E-state index contributed by atoms with van der Waals surface area (Å²) in [5.74, 6) is 0. The molecule has 22 heavy (non-hydrogen) atoms. The zero-order chi connectivity index (χ0) is 15.1. The van der Waals surface area contributed by atoms with Crippen LogP contribution < -0.4 is 0 Å². The molecular weight excluding hydrogens is 332 g/mol. The normalized spacial score (nSPS) is 11.2. The van der Waals surface area contributed by atoms with Crippen molar-refractivity contribution in [3.63, 3.8) is 0 Å². The van der Waals surface area contributed by atoms with Gasteiger partial charge >= 0.3 is 0 Å². The predicted molar refractivity (Wildman–Crippen MR) is 99.3 cm³/mol. The van der Waals surface area contributed by atoms with Crippen LogP contribution >= 0.6 is 15.9 Å². The Balaban J connectivity index is 1.91. The van der Waals surface area contributed by atoms with Crippen LogP contribution in [0.3, 0.4) is 0 Å². The molecule has 0 atom stereocenters. The molecule has 4 aromatic carbocycles. The minimum absolute atomic E-state index is 1.12. The zero-order valence-electron chi connectivity index (χ0n) is 12.3. The molecule has 0 saturated carbocycles. The first kappa shape index (κ1) is 13.5. The Bertz CT molecular complexity index is 999. The van der Waals surface area contributed by atoms with Crippen LogP contribution in [0.25, 0.3) is 32.7 Å². The summed E-state index contributed by atoms with van der Waals surface area (Å²) in [5.41, 5.74) is 3.86. The van der Waals surface area contributed by atoms with E-state index < -0.39 is 0 Å². The third kappa shape index (κ3) is 2.32. The molecule has 0 aliphatic rings. The first-order valence-electron chi connectivity index (χ1n) is 7.40. The van der Waals surface area contributed by atoms with Crippen molar-refractivity contribution in [3.05, 3.63) is 82.8 Å². The van der Waals surface area contributed by atoms with Crippen molar-refractivity contribution in [2.24, 2.45) is 0 Å². The molecule has 1 heteroatoms. The molecule has 0 saturated heterocycles.